The SMILES string of the molecule is NCC(NCC1CC1)c1ccccc1Br. The molecular weight excluding hydrogens is 252 g/mol. The van der Waals surface area contributed by atoms with Gasteiger partial charge in [-0.1, -0.05) is 34.1 Å². The third-order valence-corrected chi connectivity index (χ3v) is 3.59. The molecule has 1 aromatic carbocycles. The van der Waals surface area contributed by atoms with E-state index in [9.17, 15) is 0 Å². The zero-order valence-corrected chi connectivity index (χ0v) is 10.3. The summed E-state index contributed by atoms with van der Waals surface area (Å²) in [5.74, 6) is 0.890. The highest BCUT2D eigenvalue weighted by atomic mass is 79.9. The van der Waals surface area contributed by atoms with E-state index in [1.54, 1.807) is 0 Å². The minimum Gasteiger partial charge on any atom is -0.329 e. The molecule has 2 nitrogen and oxygen atoms in total. The summed E-state index contributed by atoms with van der Waals surface area (Å²) in [6, 6.07) is 8.56. The maximum absolute atomic E-state index is 5.80. The summed E-state index contributed by atoms with van der Waals surface area (Å²) in [5, 5.41) is 3.53. The van der Waals surface area contributed by atoms with Crippen molar-refractivity contribution >= 4 is 15.9 Å². The molecule has 1 aromatic rings. The van der Waals surface area contributed by atoms with Crippen LogP contribution in [0.1, 0.15) is 24.4 Å². The molecule has 3 heteroatoms. The highest BCUT2D eigenvalue weighted by molar-refractivity contribution is 9.10. The van der Waals surface area contributed by atoms with Crippen LogP contribution >= 0.6 is 15.9 Å². The average Bonchev–Trinajstić information content (AvgIpc) is 3.05. The summed E-state index contributed by atoms with van der Waals surface area (Å²) in [7, 11) is 0. The summed E-state index contributed by atoms with van der Waals surface area (Å²) in [6.07, 6.45) is 2.75. The standard InChI is InChI=1S/C12H17BrN2/c13-11-4-2-1-3-10(11)12(7-14)15-8-9-5-6-9/h1-4,9,12,15H,5-8,14H2. The molecule has 2 rings (SSSR count). The van der Waals surface area contributed by atoms with Crippen molar-refractivity contribution in [1.82, 2.24) is 5.32 Å². The molecule has 1 aliphatic carbocycles. The lowest BCUT2D eigenvalue weighted by Gasteiger charge is -2.18. The van der Waals surface area contributed by atoms with Gasteiger partial charge in [0.15, 0.2) is 0 Å². The smallest absolute Gasteiger partial charge is 0.0455 e. The zero-order chi connectivity index (χ0) is 10.7. The molecule has 0 saturated heterocycles. The molecule has 0 aliphatic heterocycles. The predicted octanol–water partition coefficient (Wildman–Crippen LogP) is 2.45. The van der Waals surface area contributed by atoms with Crippen molar-refractivity contribution in [2.24, 2.45) is 11.7 Å². The average molecular weight is 269 g/mol. The number of hydrogen-bond donors (Lipinski definition) is 2. The minimum absolute atomic E-state index is 0.279. The Morgan fingerprint density at radius 1 is 1.40 bits per heavy atom. The zero-order valence-electron chi connectivity index (χ0n) is 8.75. The van der Waals surface area contributed by atoms with Crippen LogP contribution in [0.15, 0.2) is 28.7 Å². The van der Waals surface area contributed by atoms with Crippen molar-refractivity contribution < 1.29 is 0 Å². The topological polar surface area (TPSA) is 38.0 Å². The molecule has 15 heavy (non-hydrogen) atoms. The van der Waals surface area contributed by atoms with Gasteiger partial charge in [-0.3, -0.25) is 0 Å². The van der Waals surface area contributed by atoms with Gasteiger partial charge in [0.25, 0.3) is 0 Å². The number of nitrogens with two attached hydrogens (primary N) is 1. The lowest BCUT2D eigenvalue weighted by atomic mass is 10.1. The van der Waals surface area contributed by atoms with Gasteiger partial charge in [0.05, 0.1) is 0 Å². The van der Waals surface area contributed by atoms with E-state index in [0.717, 1.165) is 16.9 Å². The first-order valence-corrected chi connectivity index (χ1v) is 6.28. The molecule has 0 heterocycles. The molecule has 1 atom stereocenters. The van der Waals surface area contributed by atoms with Gasteiger partial charge in [-0.15, -0.1) is 0 Å². The van der Waals surface area contributed by atoms with E-state index in [1.165, 1.54) is 18.4 Å². The maximum Gasteiger partial charge on any atom is 0.0455 e. The monoisotopic (exact) mass is 268 g/mol. The van der Waals surface area contributed by atoms with Crippen LogP contribution in [0.5, 0.6) is 0 Å². The Bertz CT molecular complexity index is 323. The van der Waals surface area contributed by atoms with E-state index >= 15 is 0 Å². The van der Waals surface area contributed by atoms with Crippen molar-refractivity contribution in [3.8, 4) is 0 Å². The Labute approximate surface area is 99.4 Å². The van der Waals surface area contributed by atoms with Crippen molar-refractivity contribution in [2.75, 3.05) is 13.1 Å². The Balaban J connectivity index is 2.00. The van der Waals surface area contributed by atoms with Crippen LogP contribution in [0.4, 0.5) is 0 Å². The molecule has 3 N–H and O–H groups in total. The van der Waals surface area contributed by atoms with E-state index in [1.807, 2.05) is 6.07 Å². The molecule has 1 fully saturated rings. The van der Waals surface area contributed by atoms with Crippen molar-refractivity contribution in [3.63, 3.8) is 0 Å². The van der Waals surface area contributed by atoms with Gasteiger partial charge in [0, 0.05) is 17.1 Å². The third-order valence-electron chi connectivity index (χ3n) is 2.87. The molecule has 1 unspecified atom stereocenters. The van der Waals surface area contributed by atoms with E-state index in [2.05, 4.69) is 39.4 Å². The molecular formula is C12H17BrN2. The van der Waals surface area contributed by atoms with Crippen LogP contribution in [0.25, 0.3) is 0 Å². The van der Waals surface area contributed by atoms with Crippen LogP contribution in [0, 0.1) is 5.92 Å². The summed E-state index contributed by atoms with van der Waals surface area (Å²) in [4.78, 5) is 0. The van der Waals surface area contributed by atoms with Gasteiger partial charge in [-0.05, 0) is 36.9 Å². The first-order valence-electron chi connectivity index (χ1n) is 5.49. The summed E-state index contributed by atoms with van der Waals surface area (Å²) in [5.41, 5.74) is 7.06. The van der Waals surface area contributed by atoms with Gasteiger partial charge in [0.2, 0.25) is 0 Å². The minimum atomic E-state index is 0.279. The lowest BCUT2D eigenvalue weighted by molar-refractivity contribution is 0.521. The first kappa shape index (κ1) is 11.1. The third kappa shape index (κ3) is 3.03. The Hall–Kier alpha value is -0.380. The molecule has 0 bridgehead atoms. The highest BCUT2D eigenvalue weighted by Crippen LogP contribution is 2.29. The van der Waals surface area contributed by atoms with Gasteiger partial charge in [-0.25, -0.2) is 0 Å². The molecule has 0 radical (unpaired) electrons. The van der Waals surface area contributed by atoms with E-state index in [0.29, 0.717) is 6.54 Å². The quantitative estimate of drug-likeness (QED) is 0.861. The maximum atomic E-state index is 5.80. The summed E-state index contributed by atoms with van der Waals surface area (Å²) in [6.45, 7) is 1.75. The van der Waals surface area contributed by atoms with Crippen LogP contribution in [0.2, 0.25) is 0 Å². The van der Waals surface area contributed by atoms with Gasteiger partial charge in [-0.2, -0.15) is 0 Å². The van der Waals surface area contributed by atoms with Crippen molar-refractivity contribution in [2.45, 2.75) is 18.9 Å². The summed E-state index contributed by atoms with van der Waals surface area (Å²) < 4.78 is 1.14. The fourth-order valence-corrected chi connectivity index (χ4v) is 2.27. The van der Waals surface area contributed by atoms with E-state index in [4.69, 9.17) is 5.73 Å². The number of rotatable bonds is 5. The van der Waals surface area contributed by atoms with Gasteiger partial charge >= 0.3 is 0 Å². The van der Waals surface area contributed by atoms with Crippen molar-refractivity contribution in [1.29, 1.82) is 0 Å². The van der Waals surface area contributed by atoms with Crippen LogP contribution in [-0.4, -0.2) is 13.1 Å². The van der Waals surface area contributed by atoms with Crippen LogP contribution in [0.3, 0.4) is 0 Å². The largest absolute Gasteiger partial charge is 0.329 e. The van der Waals surface area contributed by atoms with Gasteiger partial charge in [0.1, 0.15) is 0 Å². The van der Waals surface area contributed by atoms with E-state index < -0.39 is 0 Å². The first-order chi connectivity index (χ1) is 7.31. The number of nitrogens with one attached hydrogen (secondary N) is 1. The van der Waals surface area contributed by atoms with Crippen LogP contribution in [-0.2, 0) is 0 Å². The number of hydrogen-bond acceptors (Lipinski definition) is 2. The van der Waals surface area contributed by atoms with Crippen LogP contribution < -0.4 is 11.1 Å². The fraction of sp³-hybridized carbons (Fsp3) is 0.500. The predicted molar refractivity (Wildman–Crippen MR) is 66.7 cm³/mol. The number of halogens is 1. The molecule has 1 aliphatic rings. The second-order valence-corrected chi connectivity index (χ2v) is 5.02. The molecule has 0 amide bonds. The highest BCUT2D eigenvalue weighted by Gasteiger charge is 2.22. The second-order valence-electron chi connectivity index (χ2n) is 4.16. The summed E-state index contributed by atoms with van der Waals surface area (Å²) >= 11 is 3.56. The number of benzene rings is 1. The second kappa shape index (κ2) is 5.10. The van der Waals surface area contributed by atoms with Crippen molar-refractivity contribution in [3.05, 3.63) is 34.3 Å². The van der Waals surface area contributed by atoms with Gasteiger partial charge < -0.3 is 11.1 Å². The molecule has 82 valence electrons. The lowest BCUT2D eigenvalue weighted by Crippen LogP contribution is -2.30. The van der Waals surface area contributed by atoms with E-state index in [-0.39, 0.29) is 6.04 Å². The Morgan fingerprint density at radius 3 is 2.73 bits per heavy atom. The molecule has 1 saturated carbocycles. The normalized spacial score (nSPS) is 17.7. The molecule has 0 aromatic heterocycles. The fourth-order valence-electron chi connectivity index (χ4n) is 1.71. The Morgan fingerprint density at radius 2 is 2.13 bits per heavy atom. The Kier molecular flexibility index (Phi) is 3.78. The molecule has 0 spiro atoms.